The quantitative estimate of drug-likeness (QED) is 0.680. The second kappa shape index (κ2) is 6.98. The maximum atomic E-state index is 12.8. The highest BCUT2D eigenvalue weighted by Gasteiger charge is 2.08. The van der Waals surface area contributed by atoms with Crippen LogP contribution in [-0.4, -0.2) is 30.3 Å². The van der Waals surface area contributed by atoms with Crippen molar-refractivity contribution >= 4 is 17.9 Å². The Hall–Kier alpha value is -2.50. The first-order valence-electron chi connectivity index (χ1n) is 7.06. The SMILES string of the molecule is CC(C)c1nc(N/N=C/c2ccc(F)cc2)cc(N(C)C)n1. The van der Waals surface area contributed by atoms with Crippen molar-refractivity contribution < 1.29 is 4.39 Å². The van der Waals surface area contributed by atoms with Crippen LogP contribution in [0.3, 0.4) is 0 Å². The number of halogens is 1. The molecular weight excluding hydrogens is 281 g/mol. The maximum absolute atomic E-state index is 12.8. The van der Waals surface area contributed by atoms with E-state index in [1.54, 1.807) is 18.3 Å². The molecule has 0 aliphatic carbocycles. The van der Waals surface area contributed by atoms with Crippen LogP contribution in [0.4, 0.5) is 16.0 Å². The lowest BCUT2D eigenvalue weighted by Crippen LogP contribution is -2.13. The van der Waals surface area contributed by atoms with Gasteiger partial charge in [-0.1, -0.05) is 26.0 Å². The van der Waals surface area contributed by atoms with E-state index in [0.29, 0.717) is 5.82 Å². The number of anilines is 2. The molecule has 1 N–H and O–H groups in total. The molecule has 6 heteroatoms. The molecular formula is C16H20FN5. The highest BCUT2D eigenvalue weighted by molar-refractivity contribution is 5.80. The smallest absolute Gasteiger partial charge is 0.152 e. The van der Waals surface area contributed by atoms with Crippen LogP contribution in [0.5, 0.6) is 0 Å². The van der Waals surface area contributed by atoms with Gasteiger partial charge in [0.2, 0.25) is 0 Å². The predicted molar refractivity (Wildman–Crippen MR) is 88.1 cm³/mol. The molecule has 0 spiro atoms. The molecule has 2 aromatic rings. The van der Waals surface area contributed by atoms with Gasteiger partial charge in [-0.05, 0) is 17.7 Å². The van der Waals surface area contributed by atoms with Gasteiger partial charge in [-0.3, -0.25) is 5.43 Å². The molecule has 1 aromatic heterocycles. The second-order valence-electron chi connectivity index (χ2n) is 5.44. The van der Waals surface area contributed by atoms with E-state index >= 15 is 0 Å². The van der Waals surface area contributed by atoms with Crippen molar-refractivity contribution in [2.45, 2.75) is 19.8 Å². The van der Waals surface area contributed by atoms with Gasteiger partial charge in [0.15, 0.2) is 5.82 Å². The summed E-state index contributed by atoms with van der Waals surface area (Å²) in [4.78, 5) is 10.8. The summed E-state index contributed by atoms with van der Waals surface area (Å²) in [5, 5.41) is 4.14. The molecule has 0 saturated heterocycles. The Morgan fingerprint density at radius 2 is 1.86 bits per heavy atom. The van der Waals surface area contributed by atoms with Gasteiger partial charge in [-0.2, -0.15) is 5.10 Å². The lowest BCUT2D eigenvalue weighted by Gasteiger charge is -2.15. The molecule has 0 unspecified atom stereocenters. The van der Waals surface area contributed by atoms with Crippen molar-refractivity contribution in [2.24, 2.45) is 5.10 Å². The van der Waals surface area contributed by atoms with Crippen LogP contribution in [0.25, 0.3) is 0 Å². The van der Waals surface area contributed by atoms with Crippen molar-refractivity contribution in [1.82, 2.24) is 9.97 Å². The molecule has 1 heterocycles. The molecule has 0 radical (unpaired) electrons. The number of aromatic nitrogens is 2. The first-order chi connectivity index (χ1) is 10.5. The van der Waals surface area contributed by atoms with Gasteiger partial charge in [-0.15, -0.1) is 0 Å². The van der Waals surface area contributed by atoms with Crippen LogP contribution >= 0.6 is 0 Å². The molecule has 0 saturated carbocycles. The fourth-order valence-corrected chi connectivity index (χ4v) is 1.72. The third-order valence-corrected chi connectivity index (χ3v) is 2.97. The predicted octanol–water partition coefficient (Wildman–Crippen LogP) is 3.25. The summed E-state index contributed by atoms with van der Waals surface area (Å²) >= 11 is 0. The Labute approximate surface area is 129 Å². The molecule has 5 nitrogen and oxygen atoms in total. The van der Waals surface area contributed by atoms with Gasteiger partial charge >= 0.3 is 0 Å². The van der Waals surface area contributed by atoms with Crippen molar-refractivity contribution in [2.75, 3.05) is 24.4 Å². The first kappa shape index (κ1) is 15.9. The number of hydrazone groups is 1. The van der Waals surface area contributed by atoms with Gasteiger partial charge in [0.05, 0.1) is 6.21 Å². The number of nitrogens with zero attached hydrogens (tertiary/aromatic N) is 4. The monoisotopic (exact) mass is 301 g/mol. The second-order valence-corrected chi connectivity index (χ2v) is 5.44. The van der Waals surface area contributed by atoms with E-state index in [0.717, 1.165) is 17.2 Å². The molecule has 0 aliphatic rings. The van der Waals surface area contributed by atoms with Crippen LogP contribution in [0.2, 0.25) is 0 Å². The summed E-state index contributed by atoms with van der Waals surface area (Å²) in [5.74, 6) is 2.16. The Balaban J connectivity index is 2.16. The van der Waals surface area contributed by atoms with Gasteiger partial charge in [0.1, 0.15) is 17.5 Å². The zero-order chi connectivity index (χ0) is 16.1. The van der Waals surface area contributed by atoms with E-state index < -0.39 is 0 Å². The highest BCUT2D eigenvalue weighted by Crippen LogP contribution is 2.18. The Kier molecular flexibility index (Phi) is 5.04. The van der Waals surface area contributed by atoms with Gasteiger partial charge < -0.3 is 4.90 Å². The van der Waals surface area contributed by atoms with Gasteiger partial charge in [0, 0.05) is 26.1 Å². The molecule has 0 aliphatic heterocycles. The van der Waals surface area contributed by atoms with E-state index in [4.69, 9.17) is 0 Å². The molecule has 2 rings (SSSR count). The zero-order valence-corrected chi connectivity index (χ0v) is 13.2. The zero-order valence-electron chi connectivity index (χ0n) is 13.2. The van der Waals surface area contributed by atoms with Gasteiger partial charge in [0.25, 0.3) is 0 Å². The summed E-state index contributed by atoms with van der Waals surface area (Å²) in [6.07, 6.45) is 1.62. The van der Waals surface area contributed by atoms with Crippen LogP contribution in [-0.2, 0) is 0 Å². The van der Waals surface area contributed by atoms with E-state index in [-0.39, 0.29) is 11.7 Å². The van der Waals surface area contributed by atoms with E-state index in [9.17, 15) is 4.39 Å². The summed E-state index contributed by atoms with van der Waals surface area (Å²) < 4.78 is 12.8. The third-order valence-electron chi connectivity index (χ3n) is 2.97. The van der Waals surface area contributed by atoms with Crippen molar-refractivity contribution in [3.63, 3.8) is 0 Å². The van der Waals surface area contributed by atoms with Gasteiger partial charge in [-0.25, -0.2) is 14.4 Å². The highest BCUT2D eigenvalue weighted by atomic mass is 19.1. The average Bonchev–Trinajstić information content (AvgIpc) is 2.49. The molecule has 0 atom stereocenters. The minimum Gasteiger partial charge on any atom is -0.363 e. The average molecular weight is 301 g/mol. The Morgan fingerprint density at radius 1 is 1.18 bits per heavy atom. The van der Waals surface area contributed by atoms with Crippen LogP contribution in [0.1, 0.15) is 31.2 Å². The van der Waals surface area contributed by atoms with E-state index in [1.807, 2.05) is 38.9 Å². The molecule has 0 fully saturated rings. The molecule has 1 aromatic carbocycles. The minimum absolute atomic E-state index is 0.224. The lowest BCUT2D eigenvalue weighted by atomic mass is 10.2. The molecule has 0 amide bonds. The van der Waals surface area contributed by atoms with Crippen molar-refractivity contribution in [1.29, 1.82) is 0 Å². The summed E-state index contributed by atoms with van der Waals surface area (Å²) in [6.45, 7) is 4.08. The fraction of sp³-hybridized carbons (Fsp3) is 0.312. The van der Waals surface area contributed by atoms with Crippen LogP contribution in [0, 0.1) is 5.82 Å². The normalized spacial score (nSPS) is 11.2. The third kappa shape index (κ3) is 4.25. The van der Waals surface area contributed by atoms with Crippen LogP contribution in [0.15, 0.2) is 35.4 Å². The maximum Gasteiger partial charge on any atom is 0.152 e. The summed E-state index contributed by atoms with van der Waals surface area (Å²) in [7, 11) is 3.86. The number of benzene rings is 1. The molecule has 22 heavy (non-hydrogen) atoms. The minimum atomic E-state index is -0.266. The lowest BCUT2D eigenvalue weighted by molar-refractivity contribution is 0.628. The number of hydrogen-bond donors (Lipinski definition) is 1. The summed E-state index contributed by atoms with van der Waals surface area (Å²) in [5.41, 5.74) is 3.70. The topological polar surface area (TPSA) is 53.4 Å². The van der Waals surface area contributed by atoms with Crippen molar-refractivity contribution in [3.8, 4) is 0 Å². The molecule has 0 bridgehead atoms. The Bertz CT molecular complexity index is 624. The van der Waals surface area contributed by atoms with Crippen molar-refractivity contribution in [3.05, 3.63) is 47.5 Å². The first-order valence-corrected chi connectivity index (χ1v) is 7.06. The number of hydrogen-bond acceptors (Lipinski definition) is 5. The number of nitrogens with one attached hydrogen (secondary N) is 1. The van der Waals surface area contributed by atoms with E-state index in [2.05, 4.69) is 20.5 Å². The number of rotatable bonds is 5. The molecule has 116 valence electrons. The standard InChI is InChI=1S/C16H20FN5/c1-11(2)16-19-14(9-15(20-16)22(3)4)21-18-10-12-5-7-13(17)8-6-12/h5-11H,1-4H3,(H,19,20,21)/b18-10+. The van der Waals surface area contributed by atoms with Crippen LogP contribution < -0.4 is 10.3 Å². The largest absolute Gasteiger partial charge is 0.363 e. The fourth-order valence-electron chi connectivity index (χ4n) is 1.72. The Morgan fingerprint density at radius 3 is 2.45 bits per heavy atom. The van der Waals surface area contributed by atoms with E-state index in [1.165, 1.54) is 12.1 Å². The summed E-state index contributed by atoms with van der Waals surface area (Å²) in [6, 6.07) is 7.94.